The molecule has 0 aliphatic carbocycles. The maximum atomic E-state index is 13.0. The lowest BCUT2D eigenvalue weighted by atomic mass is 9.91. The van der Waals surface area contributed by atoms with Crippen LogP contribution in [0.4, 0.5) is 23.7 Å². The molecule has 26 heavy (non-hydrogen) atoms. The standard InChI is InChI=1S/C18H21F3N2O3/c1-12-8-10-22(14-6-3-2-5-13(12)14)16(24)15-7-4-9-23(15)17(25)26-11-18(19,20)21/h2-3,5-6,12,15H,4,7-11H2,1H3/t12-,15+/m1/s1. The van der Waals surface area contributed by atoms with Crippen LogP contribution in [0.25, 0.3) is 0 Å². The number of amides is 2. The molecule has 0 N–H and O–H groups in total. The highest BCUT2D eigenvalue weighted by atomic mass is 19.4. The number of benzene rings is 1. The Kier molecular flexibility index (Phi) is 5.11. The summed E-state index contributed by atoms with van der Waals surface area (Å²) in [6, 6.07) is 6.83. The van der Waals surface area contributed by atoms with Crippen LogP contribution in [0.5, 0.6) is 0 Å². The fourth-order valence-electron chi connectivity index (χ4n) is 3.63. The summed E-state index contributed by atoms with van der Waals surface area (Å²) in [5.41, 5.74) is 1.88. The molecule has 2 amide bonds. The first-order chi connectivity index (χ1) is 12.3. The van der Waals surface area contributed by atoms with Gasteiger partial charge in [-0.25, -0.2) is 4.79 Å². The normalized spacial score (nSPS) is 22.9. The zero-order valence-electron chi connectivity index (χ0n) is 14.5. The molecule has 0 spiro atoms. The number of ether oxygens (including phenoxy) is 1. The third-order valence-corrected chi connectivity index (χ3v) is 4.94. The van der Waals surface area contributed by atoms with Crippen molar-refractivity contribution in [1.29, 1.82) is 0 Å². The molecule has 1 aromatic rings. The van der Waals surface area contributed by atoms with E-state index in [1.165, 1.54) is 0 Å². The van der Waals surface area contributed by atoms with E-state index in [9.17, 15) is 22.8 Å². The van der Waals surface area contributed by atoms with Crippen LogP contribution in [0.2, 0.25) is 0 Å². The number of nitrogens with zero attached hydrogens (tertiary/aromatic N) is 2. The van der Waals surface area contributed by atoms with Gasteiger partial charge in [-0.15, -0.1) is 0 Å². The first-order valence-corrected chi connectivity index (χ1v) is 8.68. The zero-order chi connectivity index (χ0) is 18.9. The molecular weight excluding hydrogens is 349 g/mol. The number of hydrogen-bond donors (Lipinski definition) is 0. The first kappa shape index (κ1) is 18.5. The molecule has 1 saturated heterocycles. The van der Waals surface area contributed by atoms with Gasteiger partial charge in [-0.05, 0) is 36.8 Å². The number of anilines is 1. The Hall–Kier alpha value is -2.25. The van der Waals surface area contributed by atoms with Crippen LogP contribution in [0.15, 0.2) is 24.3 Å². The average molecular weight is 370 g/mol. The Morgan fingerprint density at radius 2 is 1.92 bits per heavy atom. The van der Waals surface area contributed by atoms with Gasteiger partial charge >= 0.3 is 12.3 Å². The summed E-state index contributed by atoms with van der Waals surface area (Å²) >= 11 is 0. The molecule has 2 aliphatic rings. The maximum absolute atomic E-state index is 13.0. The molecule has 1 aromatic carbocycles. The number of rotatable bonds is 2. The fraction of sp³-hybridized carbons (Fsp3) is 0.556. The molecule has 1 fully saturated rings. The maximum Gasteiger partial charge on any atom is 0.422 e. The Labute approximate surface area is 149 Å². The summed E-state index contributed by atoms with van der Waals surface area (Å²) in [6.07, 6.45) is -3.89. The summed E-state index contributed by atoms with van der Waals surface area (Å²) in [5.74, 6) is 0.0671. The highest BCUT2D eigenvalue weighted by Gasteiger charge is 2.40. The van der Waals surface area contributed by atoms with Crippen molar-refractivity contribution in [2.45, 2.75) is 44.3 Å². The van der Waals surface area contributed by atoms with Gasteiger partial charge in [-0.1, -0.05) is 25.1 Å². The molecule has 0 aromatic heterocycles. The van der Waals surface area contributed by atoms with Gasteiger partial charge in [0.15, 0.2) is 6.61 Å². The number of halogens is 3. The predicted molar refractivity (Wildman–Crippen MR) is 89.0 cm³/mol. The molecule has 2 heterocycles. The number of carbonyl (C=O) groups excluding carboxylic acids is 2. The third-order valence-electron chi connectivity index (χ3n) is 4.94. The summed E-state index contributed by atoms with van der Waals surface area (Å²) < 4.78 is 41.2. The quantitative estimate of drug-likeness (QED) is 0.798. The molecule has 2 aliphatic heterocycles. The van der Waals surface area contributed by atoms with E-state index in [2.05, 4.69) is 11.7 Å². The van der Waals surface area contributed by atoms with E-state index in [-0.39, 0.29) is 12.5 Å². The summed E-state index contributed by atoms with van der Waals surface area (Å²) in [7, 11) is 0. The lowest BCUT2D eigenvalue weighted by molar-refractivity contribution is -0.162. The van der Waals surface area contributed by atoms with Gasteiger partial charge < -0.3 is 9.64 Å². The third kappa shape index (κ3) is 3.78. The second-order valence-corrected chi connectivity index (χ2v) is 6.76. The second-order valence-electron chi connectivity index (χ2n) is 6.76. The molecule has 0 saturated carbocycles. The smallest absolute Gasteiger partial charge is 0.422 e. The SMILES string of the molecule is C[C@@H]1CCN(C(=O)[C@@H]2CCCN2C(=O)OCC(F)(F)F)c2ccccc21. The highest BCUT2D eigenvalue weighted by Crippen LogP contribution is 2.36. The molecule has 3 rings (SSSR count). The minimum Gasteiger partial charge on any atom is -0.440 e. The van der Waals surface area contributed by atoms with E-state index in [1.807, 2.05) is 24.3 Å². The molecular formula is C18H21F3N2O3. The van der Waals surface area contributed by atoms with E-state index < -0.39 is 24.9 Å². The topological polar surface area (TPSA) is 49.9 Å². The number of alkyl halides is 3. The largest absolute Gasteiger partial charge is 0.440 e. The van der Waals surface area contributed by atoms with E-state index >= 15 is 0 Å². The van der Waals surface area contributed by atoms with Crippen molar-refractivity contribution in [1.82, 2.24) is 4.90 Å². The molecule has 2 atom stereocenters. The van der Waals surface area contributed by atoms with E-state index in [0.29, 0.717) is 25.3 Å². The minimum atomic E-state index is -4.59. The highest BCUT2D eigenvalue weighted by molar-refractivity contribution is 6.00. The van der Waals surface area contributed by atoms with Gasteiger partial charge in [0.2, 0.25) is 5.91 Å². The zero-order valence-corrected chi connectivity index (χ0v) is 14.5. The van der Waals surface area contributed by atoms with Crippen molar-refractivity contribution in [2.24, 2.45) is 0 Å². The summed E-state index contributed by atoms with van der Waals surface area (Å²) in [6.45, 7) is 1.20. The van der Waals surface area contributed by atoms with Crippen molar-refractivity contribution in [3.63, 3.8) is 0 Å². The van der Waals surface area contributed by atoms with Gasteiger partial charge in [0.25, 0.3) is 0 Å². The van der Waals surface area contributed by atoms with Crippen LogP contribution in [0.1, 0.15) is 37.7 Å². The van der Waals surface area contributed by atoms with Crippen molar-refractivity contribution in [2.75, 3.05) is 24.6 Å². The lowest BCUT2D eigenvalue weighted by Gasteiger charge is -2.36. The van der Waals surface area contributed by atoms with Crippen LogP contribution in [0, 0.1) is 0 Å². The van der Waals surface area contributed by atoms with Crippen LogP contribution in [0.3, 0.4) is 0 Å². The molecule has 142 valence electrons. The van der Waals surface area contributed by atoms with Gasteiger partial charge in [0.1, 0.15) is 6.04 Å². The number of para-hydroxylation sites is 1. The van der Waals surface area contributed by atoms with Crippen molar-refractivity contribution >= 4 is 17.7 Å². The Balaban J connectivity index is 1.75. The first-order valence-electron chi connectivity index (χ1n) is 8.68. The van der Waals surface area contributed by atoms with Crippen LogP contribution in [-0.2, 0) is 9.53 Å². The van der Waals surface area contributed by atoms with Crippen LogP contribution >= 0.6 is 0 Å². The van der Waals surface area contributed by atoms with Gasteiger partial charge in [-0.2, -0.15) is 13.2 Å². The number of fused-ring (bicyclic) bond motifs is 1. The van der Waals surface area contributed by atoms with Crippen molar-refractivity contribution in [3.05, 3.63) is 29.8 Å². The number of likely N-dealkylation sites (tertiary alicyclic amines) is 1. The molecule has 5 nitrogen and oxygen atoms in total. The number of hydrogen-bond acceptors (Lipinski definition) is 3. The second kappa shape index (κ2) is 7.17. The summed E-state index contributed by atoms with van der Waals surface area (Å²) in [5, 5.41) is 0. The molecule has 0 bridgehead atoms. The number of carbonyl (C=O) groups is 2. The van der Waals surface area contributed by atoms with E-state index in [1.54, 1.807) is 4.90 Å². The molecule has 0 radical (unpaired) electrons. The monoisotopic (exact) mass is 370 g/mol. The lowest BCUT2D eigenvalue weighted by Crippen LogP contribution is -2.50. The van der Waals surface area contributed by atoms with Crippen molar-refractivity contribution < 1.29 is 27.5 Å². The Bertz CT molecular complexity index is 693. The van der Waals surface area contributed by atoms with Gasteiger partial charge in [-0.3, -0.25) is 9.69 Å². The minimum absolute atomic E-state index is 0.221. The summed E-state index contributed by atoms with van der Waals surface area (Å²) in [4.78, 5) is 27.8. The Morgan fingerprint density at radius 1 is 1.19 bits per heavy atom. The van der Waals surface area contributed by atoms with Gasteiger partial charge in [0.05, 0.1) is 0 Å². The van der Waals surface area contributed by atoms with Gasteiger partial charge in [0, 0.05) is 18.8 Å². The predicted octanol–water partition coefficient (Wildman–Crippen LogP) is 3.69. The molecule has 0 unspecified atom stereocenters. The fourth-order valence-corrected chi connectivity index (χ4v) is 3.63. The van der Waals surface area contributed by atoms with E-state index in [0.717, 1.165) is 22.6 Å². The van der Waals surface area contributed by atoms with Crippen LogP contribution < -0.4 is 4.90 Å². The Morgan fingerprint density at radius 3 is 2.65 bits per heavy atom. The van der Waals surface area contributed by atoms with Crippen molar-refractivity contribution in [3.8, 4) is 0 Å². The molecule has 8 heteroatoms. The van der Waals surface area contributed by atoms with E-state index in [4.69, 9.17) is 0 Å². The van der Waals surface area contributed by atoms with Crippen LogP contribution in [-0.4, -0.2) is 48.8 Å². The average Bonchev–Trinajstić information content (AvgIpc) is 3.09.